The van der Waals surface area contributed by atoms with Gasteiger partial charge in [-0.05, 0) is 6.07 Å². The van der Waals surface area contributed by atoms with E-state index in [9.17, 15) is 19.7 Å². The van der Waals surface area contributed by atoms with Gasteiger partial charge in [0.1, 0.15) is 0 Å². The van der Waals surface area contributed by atoms with Crippen LogP contribution in [0.4, 0.5) is 11.4 Å². The molecule has 1 heterocycles. The van der Waals surface area contributed by atoms with E-state index in [1.54, 1.807) is 0 Å². The number of rotatable bonds is 1. The summed E-state index contributed by atoms with van der Waals surface area (Å²) in [4.78, 5) is 34.5. The number of non-ortho nitro benzene ring substituents is 1. The topological polar surface area (TPSA) is 92.6 Å². The van der Waals surface area contributed by atoms with E-state index in [4.69, 9.17) is 0 Å². The summed E-state index contributed by atoms with van der Waals surface area (Å²) in [5, 5.41) is 13.0. The highest BCUT2D eigenvalue weighted by molar-refractivity contribution is 6.09. The molecule has 7 heteroatoms. The van der Waals surface area contributed by atoms with Gasteiger partial charge in [-0.2, -0.15) is 0 Å². The van der Waals surface area contributed by atoms with Crippen LogP contribution in [0, 0.1) is 10.1 Å². The lowest BCUT2D eigenvalue weighted by Gasteiger charge is -2.15. The average Bonchev–Trinajstić information content (AvgIpc) is 2.42. The van der Waals surface area contributed by atoms with E-state index in [0.29, 0.717) is 5.69 Å². The van der Waals surface area contributed by atoms with Crippen molar-refractivity contribution in [2.45, 2.75) is 0 Å². The Morgan fingerprint density at radius 1 is 1.41 bits per heavy atom. The first kappa shape index (κ1) is 11.1. The van der Waals surface area contributed by atoms with Crippen molar-refractivity contribution in [1.82, 2.24) is 5.32 Å². The van der Waals surface area contributed by atoms with Crippen molar-refractivity contribution >= 4 is 23.2 Å². The zero-order chi connectivity index (χ0) is 12.6. The zero-order valence-corrected chi connectivity index (χ0v) is 8.97. The van der Waals surface area contributed by atoms with Crippen molar-refractivity contribution in [3.05, 3.63) is 33.9 Å². The summed E-state index contributed by atoms with van der Waals surface area (Å²) >= 11 is 0. The molecule has 0 unspecified atom stereocenters. The molecule has 0 bridgehead atoms. The first-order valence-corrected chi connectivity index (χ1v) is 4.84. The highest BCUT2D eigenvalue weighted by atomic mass is 16.6. The number of amides is 2. The molecule has 0 saturated heterocycles. The molecule has 0 saturated carbocycles. The van der Waals surface area contributed by atoms with Crippen molar-refractivity contribution in [3.63, 3.8) is 0 Å². The fourth-order valence-corrected chi connectivity index (χ4v) is 1.62. The van der Waals surface area contributed by atoms with E-state index in [-0.39, 0.29) is 23.7 Å². The number of nitro groups is 1. The summed E-state index contributed by atoms with van der Waals surface area (Å²) in [6, 6.07) is 3.83. The summed E-state index contributed by atoms with van der Waals surface area (Å²) in [7, 11) is 1.52. The number of carbonyl (C=O) groups excluding carboxylic acids is 2. The molecule has 1 N–H and O–H groups in total. The van der Waals surface area contributed by atoms with E-state index >= 15 is 0 Å². The van der Waals surface area contributed by atoms with Crippen LogP contribution in [0.25, 0.3) is 0 Å². The van der Waals surface area contributed by atoms with Crippen LogP contribution in [0.5, 0.6) is 0 Å². The quantitative estimate of drug-likeness (QED) is 0.559. The maximum absolute atomic E-state index is 11.7. The molecule has 88 valence electrons. The molecule has 17 heavy (non-hydrogen) atoms. The maximum Gasteiger partial charge on any atom is 0.270 e. The Hall–Kier alpha value is -2.44. The van der Waals surface area contributed by atoms with Gasteiger partial charge < -0.3 is 10.2 Å². The van der Waals surface area contributed by atoms with Gasteiger partial charge in [0.2, 0.25) is 5.91 Å². The normalized spacial score (nSPS) is 15.0. The van der Waals surface area contributed by atoms with Crippen LogP contribution in [-0.2, 0) is 4.79 Å². The second-order valence-corrected chi connectivity index (χ2v) is 3.59. The predicted octanol–water partition coefficient (Wildman–Crippen LogP) is 0.301. The molecule has 1 aliphatic heterocycles. The van der Waals surface area contributed by atoms with Crippen LogP contribution in [0.15, 0.2) is 18.2 Å². The van der Waals surface area contributed by atoms with Gasteiger partial charge >= 0.3 is 0 Å². The smallest absolute Gasteiger partial charge is 0.270 e. The lowest BCUT2D eigenvalue weighted by Crippen LogP contribution is -2.33. The lowest BCUT2D eigenvalue weighted by molar-refractivity contribution is -0.384. The number of likely N-dealkylation sites (N-methyl/N-ethyl adjacent to an activating group) is 1. The van der Waals surface area contributed by atoms with Crippen LogP contribution in [0.3, 0.4) is 0 Å². The highest BCUT2D eigenvalue weighted by Gasteiger charge is 2.25. The van der Waals surface area contributed by atoms with Crippen molar-refractivity contribution in [2.75, 3.05) is 18.5 Å². The third-order valence-electron chi connectivity index (χ3n) is 2.57. The standard InChI is InChI=1S/C10H9N3O4/c1-12-8-3-2-6(13(16)17)4-7(8)10(15)11-5-9(12)14/h2-4H,5H2,1H3,(H,11,15). The average molecular weight is 235 g/mol. The Bertz CT molecular complexity index is 526. The van der Waals surface area contributed by atoms with Crippen LogP contribution in [0.1, 0.15) is 10.4 Å². The Labute approximate surface area is 96.2 Å². The highest BCUT2D eigenvalue weighted by Crippen LogP contribution is 2.26. The molecule has 0 radical (unpaired) electrons. The Balaban J connectivity index is 2.59. The molecular weight excluding hydrogens is 226 g/mol. The van der Waals surface area contributed by atoms with Crippen molar-refractivity contribution in [2.24, 2.45) is 0 Å². The lowest BCUT2D eigenvalue weighted by atomic mass is 10.1. The second-order valence-electron chi connectivity index (χ2n) is 3.59. The molecule has 7 nitrogen and oxygen atoms in total. The molecule has 0 aliphatic carbocycles. The minimum absolute atomic E-state index is 0.113. The van der Waals surface area contributed by atoms with Crippen LogP contribution in [0.2, 0.25) is 0 Å². The van der Waals surface area contributed by atoms with Gasteiger partial charge in [0.25, 0.3) is 11.6 Å². The number of nitro benzene ring substituents is 1. The van der Waals surface area contributed by atoms with Crippen molar-refractivity contribution in [3.8, 4) is 0 Å². The van der Waals surface area contributed by atoms with E-state index in [2.05, 4.69) is 5.32 Å². The van der Waals surface area contributed by atoms with Gasteiger partial charge in [-0.15, -0.1) is 0 Å². The van der Waals surface area contributed by atoms with Gasteiger partial charge in [0.15, 0.2) is 0 Å². The number of nitrogens with one attached hydrogen (secondary N) is 1. The summed E-state index contributed by atoms with van der Waals surface area (Å²) < 4.78 is 0. The largest absolute Gasteiger partial charge is 0.343 e. The summed E-state index contributed by atoms with van der Waals surface area (Å²) in [5.74, 6) is -0.757. The first-order chi connectivity index (χ1) is 8.00. The number of benzene rings is 1. The SMILES string of the molecule is CN1C(=O)CNC(=O)c2cc([N+](=O)[O-])ccc21. The van der Waals surface area contributed by atoms with Crippen LogP contribution in [-0.4, -0.2) is 30.3 Å². The minimum Gasteiger partial charge on any atom is -0.343 e. The van der Waals surface area contributed by atoms with Gasteiger partial charge in [-0.3, -0.25) is 19.7 Å². The third kappa shape index (κ3) is 1.82. The van der Waals surface area contributed by atoms with Gasteiger partial charge in [0, 0.05) is 19.2 Å². The van der Waals surface area contributed by atoms with E-state index in [0.717, 1.165) is 0 Å². The number of hydrogen-bond donors (Lipinski definition) is 1. The van der Waals surface area contributed by atoms with Crippen molar-refractivity contribution < 1.29 is 14.5 Å². The molecule has 1 aromatic rings. The van der Waals surface area contributed by atoms with Gasteiger partial charge in [-0.1, -0.05) is 0 Å². The molecule has 1 aromatic carbocycles. The Kier molecular flexibility index (Phi) is 2.51. The fourth-order valence-electron chi connectivity index (χ4n) is 1.62. The number of nitrogens with zero attached hydrogens (tertiary/aromatic N) is 2. The maximum atomic E-state index is 11.7. The molecule has 2 amide bonds. The number of carbonyl (C=O) groups is 2. The molecule has 0 spiro atoms. The Morgan fingerprint density at radius 2 is 2.12 bits per heavy atom. The minimum atomic E-state index is -0.583. The molecule has 2 rings (SSSR count). The third-order valence-corrected chi connectivity index (χ3v) is 2.57. The van der Waals surface area contributed by atoms with Gasteiger partial charge in [-0.25, -0.2) is 0 Å². The predicted molar refractivity (Wildman–Crippen MR) is 58.8 cm³/mol. The van der Waals surface area contributed by atoms with Crippen LogP contribution >= 0.6 is 0 Å². The molecular formula is C10H9N3O4. The summed E-state index contributed by atoms with van der Waals surface area (Å²) in [6.45, 7) is -0.113. The van der Waals surface area contributed by atoms with E-state index in [1.165, 1.54) is 30.1 Å². The first-order valence-electron chi connectivity index (χ1n) is 4.84. The summed E-state index contributed by atoms with van der Waals surface area (Å²) in [5.41, 5.74) is 0.324. The number of fused-ring (bicyclic) bond motifs is 1. The zero-order valence-electron chi connectivity index (χ0n) is 8.97. The second kappa shape index (κ2) is 3.85. The van der Waals surface area contributed by atoms with Crippen LogP contribution < -0.4 is 10.2 Å². The number of anilines is 1. The van der Waals surface area contributed by atoms with E-state index in [1.807, 2.05) is 0 Å². The number of hydrogen-bond acceptors (Lipinski definition) is 4. The molecule has 1 aliphatic rings. The molecule has 0 aromatic heterocycles. The molecule has 0 atom stereocenters. The van der Waals surface area contributed by atoms with Crippen molar-refractivity contribution in [1.29, 1.82) is 0 Å². The monoisotopic (exact) mass is 235 g/mol. The fraction of sp³-hybridized carbons (Fsp3) is 0.200. The Morgan fingerprint density at radius 3 is 2.76 bits per heavy atom. The molecule has 0 fully saturated rings. The van der Waals surface area contributed by atoms with Gasteiger partial charge in [0.05, 0.1) is 22.7 Å². The van der Waals surface area contributed by atoms with E-state index < -0.39 is 10.8 Å². The summed E-state index contributed by atoms with van der Waals surface area (Å²) in [6.07, 6.45) is 0.